The molecule has 0 amide bonds. The minimum absolute atomic E-state index is 0.123. The molecule has 19 heavy (non-hydrogen) atoms. The largest absolute Gasteiger partial charge is 0.504 e. The lowest BCUT2D eigenvalue weighted by molar-refractivity contribution is 0.373. The fourth-order valence-electron chi connectivity index (χ4n) is 1.73. The standard InChI is InChI=1S/C15H14N2O2/c1-19-15-8-12(5-6-14(15)18)10-17-13-4-2-3-11(7-13)9-16/h2-8,17-18H,10H2,1H3. The maximum atomic E-state index is 9.51. The van der Waals surface area contributed by atoms with E-state index in [9.17, 15) is 5.11 Å². The number of rotatable bonds is 4. The number of aromatic hydroxyl groups is 1. The Hall–Kier alpha value is -2.67. The van der Waals surface area contributed by atoms with Crippen LogP contribution in [0.1, 0.15) is 11.1 Å². The quantitative estimate of drug-likeness (QED) is 0.880. The second-order valence-corrected chi connectivity index (χ2v) is 4.05. The molecule has 0 fully saturated rings. The first-order valence-electron chi connectivity index (χ1n) is 5.83. The fourth-order valence-corrected chi connectivity index (χ4v) is 1.73. The highest BCUT2D eigenvalue weighted by Crippen LogP contribution is 2.26. The van der Waals surface area contributed by atoms with Crippen molar-refractivity contribution in [2.45, 2.75) is 6.54 Å². The Kier molecular flexibility index (Phi) is 3.89. The van der Waals surface area contributed by atoms with E-state index in [0.717, 1.165) is 11.3 Å². The van der Waals surface area contributed by atoms with Gasteiger partial charge in [-0.05, 0) is 35.9 Å². The third-order valence-corrected chi connectivity index (χ3v) is 2.73. The average Bonchev–Trinajstić information content (AvgIpc) is 2.46. The minimum atomic E-state index is 0.123. The van der Waals surface area contributed by atoms with E-state index in [0.29, 0.717) is 17.9 Å². The number of methoxy groups -OCH3 is 1. The van der Waals surface area contributed by atoms with E-state index >= 15 is 0 Å². The van der Waals surface area contributed by atoms with Gasteiger partial charge in [-0.1, -0.05) is 12.1 Å². The maximum Gasteiger partial charge on any atom is 0.160 e. The summed E-state index contributed by atoms with van der Waals surface area (Å²) < 4.78 is 5.05. The van der Waals surface area contributed by atoms with Crippen LogP contribution in [-0.2, 0) is 6.54 Å². The lowest BCUT2D eigenvalue weighted by Crippen LogP contribution is -2.00. The summed E-state index contributed by atoms with van der Waals surface area (Å²) in [4.78, 5) is 0. The van der Waals surface area contributed by atoms with Crippen molar-refractivity contribution in [1.82, 2.24) is 0 Å². The minimum Gasteiger partial charge on any atom is -0.504 e. The van der Waals surface area contributed by atoms with Crippen LogP contribution in [0.15, 0.2) is 42.5 Å². The Balaban J connectivity index is 2.08. The van der Waals surface area contributed by atoms with Crippen LogP contribution in [0.25, 0.3) is 0 Å². The van der Waals surface area contributed by atoms with E-state index in [4.69, 9.17) is 10.00 Å². The summed E-state index contributed by atoms with van der Waals surface area (Å²) in [5, 5.41) is 21.5. The number of nitrogens with one attached hydrogen (secondary N) is 1. The molecular weight excluding hydrogens is 240 g/mol. The molecule has 0 spiro atoms. The summed E-state index contributed by atoms with van der Waals surface area (Å²) in [7, 11) is 1.52. The van der Waals surface area contributed by atoms with Gasteiger partial charge in [0.2, 0.25) is 0 Å². The summed E-state index contributed by atoms with van der Waals surface area (Å²) in [5.74, 6) is 0.572. The smallest absolute Gasteiger partial charge is 0.160 e. The van der Waals surface area contributed by atoms with E-state index < -0.39 is 0 Å². The molecule has 0 aliphatic rings. The summed E-state index contributed by atoms with van der Waals surface area (Å²) in [5.41, 5.74) is 2.48. The molecule has 4 nitrogen and oxygen atoms in total. The SMILES string of the molecule is COc1cc(CNc2cccc(C#N)c2)ccc1O. The summed E-state index contributed by atoms with van der Waals surface area (Å²) in [6, 6.07) is 14.6. The summed E-state index contributed by atoms with van der Waals surface area (Å²) in [6.07, 6.45) is 0. The average molecular weight is 254 g/mol. The van der Waals surface area contributed by atoms with Crippen molar-refractivity contribution in [3.8, 4) is 17.6 Å². The van der Waals surface area contributed by atoms with Gasteiger partial charge in [-0.15, -0.1) is 0 Å². The summed E-state index contributed by atoms with van der Waals surface area (Å²) in [6.45, 7) is 0.589. The Labute approximate surface area is 111 Å². The van der Waals surface area contributed by atoms with Crippen molar-refractivity contribution in [3.05, 3.63) is 53.6 Å². The normalized spacial score (nSPS) is 9.68. The van der Waals surface area contributed by atoms with E-state index in [-0.39, 0.29) is 5.75 Å². The van der Waals surface area contributed by atoms with E-state index in [2.05, 4.69) is 11.4 Å². The van der Waals surface area contributed by atoms with Crippen molar-refractivity contribution in [2.75, 3.05) is 12.4 Å². The monoisotopic (exact) mass is 254 g/mol. The zero-order chi connectivity index (χ0) is 13.7. The van der Waals surface area contributed by atoms with Gasteiger partial charge in [-0.25, -0.2) is 0 Å². The molecule has 2 aromatic carbocycles. The number of nitriles is 1. The number of nitrogens with zero attached hydrogens (tertiary/aromatic N) is 1. The molecule has 0 heterocycles. The highest BCUT2D eigenvalue weighted by Gasteiger charge is 2.02. The van der Waals surface area contributed by atoms with Crippen LogP contribution in [0.4, 0.5) is 5.69 Å². The highest BCUT2D eigenvalue weighted by molar-refractivity contribution is 5.50. The van der Waals surface area contributed by atoms with Crippen molar-refractivity contribution >= 4 is 5.69 Å². The number of ether oxygens (including phenoxy) is 1. The first-order valence-corrected chi connectivity index (χ1v) is 5.83. The van der Waals surface area contributed by atoms with Crippen LogP contribution >= 0.6 is 0 Å². The molecule has 0 unspecified atom stereocenters. The number of phenols is 1. The van der Waals surface area contributed by atoms with Gasteiger partial charge < -0.3 is 15.2 Å². The Morgan fingerprint density at radius 1 is 1.26 bits per heavy atom. The molecule has 0 aromatic heterocycles. The molecule has 0 atom stereocenters. The number of hydrogen-bond acceptors (Lipinski definition) is 4. The lowest BCUT2D eigenvalue weighted by atomic mass is 10.2. The van der Waals surface area contributed by atoms with E-state index in [1.807, 2.05) is 18.2 Å². The maximum absolute atomic E-state index is 9.51. The third kappa shape index (κ3) is 3.17. The summed E-state index contributed by atoms with van der Waals surface area (Å²) >= 11 is 0. The third-order valence-electron chi connectivity index (χ3n) is 2.73. The van der Waals surface area contributed by atoms with Gasteiger partial charge in [0.25, 0.3) is 0 Å². The van der Waals surface area contributed by atoms with Gasteiger partial charge in [-0.2, -0.15) is 5.26 Å². The molecule has 2 aromatic rings. The first-order chi connectivity index (χ1) is 9.22. The van der Waals surface area contributed by atoms with Gasteiger partial charge in [0.15, 0.2) is 11.5 Å². The molecule has 0 aliphatic carbocycles. The molecule has 4 heteroatoms. The number of anilines is 1. The van der Waals surface area contributed by atoms with Crippen LogP contribution in [-0.4, -0.2) is 12.2 Å². The second kappa shape index (κ2) is 5.78. The second-order valence-electron chi connectivity index (χ2n) is 4.05. The number of phenolic OH excluding ortho intramolecular Hbond substituents is 1. The molecule has 0 radical (unpaired) electrons. The van der Waals surface area contributed by atoms with Crippen molar-refractivity contribution in [3.63, 3.8) is 0 Å². The molecule has 2 N–H and O–H groups in total. The van der Waals surface area contributed by atoms with Gasteiger partial charge in [0.05, 0.1) is 18.7 Å². The zero-order valence-corrected chi connectivity index (χ0v) is 10.6. The van der Waals surface area contributed by atoms with Crippen LogP contribution in [0, 0.1) is 11.3 Å². The number of hydrogen-bond donors (Lipinski definition) is 2. The predicted octanol–water partition coefficient (Wildman–Crippen LogP) is 2.88. The number of benzene rings is 2. The van der Waals surface area contributed by atoms with Crippen LogP contribution in [0.2, 0.25) is 0 Å². The fraction of sp³-hybridized carbons (Fsp3) is 0.133. The van der Waals surface area contributed by atoms with Gasteiger partial charge in [0.1, 0.15) is 0 Å². The van der Waals surface area contributed by atoms with Gasteiger partial charge in [0, 0.05) is 12.2 Å². The van der Waals surface area contributed by atoms with E-state index in [1.54, 1.807) is 24.3 Å². The molecule has 0 saturated heterocycles. The van der Waals surface area contributed by atoms with Gasteiger partial charge in [-0.3, -0.25) is 0 Å². The van der Waals surface area contributed by atoms with Crippen molar-refractivity contribution in [2.24, 2.45) is 0 Å². The topological polar surface area (TPSA) is 65.3 Å². The first kappa shape index (κ1) is 12.8. The van der Waals surface area contributed by atoms with Gasteiger partial charge >= 0.3 is 0 Å². The molecule has 2 rings (SSSR count). The molecular formula is C15H14N2O2. The zero-order valence-electron chi connectivity index (χ0n) is 10.6. The van der Waals surface area contributed by atoms with Crippen LogP contribution in [0.3, 0.4) is 0 Å². The Morgan fingerprint density at radius 3 is 2.84 bits per heavy atom. The van der Waals surface area contributed by atoms with Crippen molar-refractivity contribution < 1.29 is 9.84 Å². The van der Waals surface area contributed by atoms with Crippen LogP contribution in [0.5, 0.6) is 11.5 Å². The lowest BCUT2D eigenvalue weighted by Gasteiger charge is -2.09. The van der Waals surface area contributed by atoms with Crippen LogP contribution < -0.4 is 10.1 Å². The van der Waals surface area contributed by atoms with E-state index in [1.165, 1.54) is 7.11 Å². The Morgan fingerprint density at radius 2 is 2.11 bits per heavy atom. The molecule has 0 bridgehead atoms. The Bertz CT molecular complexity index is 618. The molecule has 0 aliphatic heterocycles. The molecule has 96 valence electrons. The highest BCUT2D eigenvalue weighted by atomic mass is 16.5. The predicted molar refractivity (Wildman–Crippen MR) is 73.1 cm³/mol. The van der Waals surface area contributed by atoms with Crippen molar-refractivity contribution in [1.29, 1.82) is 5.26 Å². The molecule has 0 saturated carbocycles.